The fourth-order valence-corrected chi connectivity index (χ4v) is 10.0. The van der Waals surface area contributed by atoms with Crippen LogP contribution in [-0.4, -0.2) is 108 Å². The van der Waals surface area contributed by atoms with Gasteiger partial charge >= 0.3 is 68.3 Å². The number of aromatic carboxylic acids is 8. The second kappa shape index (κ2) is 64.2. The van der Waals surface area contributed by atoms with E-state index in [0.29, 0.717) is 23.8 Å². The number of halogens is 8. The Balaban J connectivity index is 0.000000764. The van der Waals surface area contributed by atoms with Gasteiger partial charge in [-0.3, -0.25) is 19.9 Å². The van der Waals surface area contributed by atoms with E-state index in [4.69, 9.17) is 22.9 Å². The van der Waals surface area contributed by atoms with Crippen LogP contribution >= 0.6 is 0 Å². The van der Waals surface area contributed by atoms with Crippen molar-refractivity contribution in [2.75, 3.05) is 22.9 Å². The van der Waals surface area contributed by atoms with Gasteiger partial charge in [0.15, 0.2) is 0 Å². The Morgan fingerprint density at radius 3 is 0.429 bits per heavy atom. The van der Waals surface area contributed by atoms with E-state index >= 15 is 0 Å². The zero-order chi connectivity index (χ0) is 100. The molecular weight excluding hydrogens is 2040 g/mol. The molecule has 140 heavy (non-hydrogen) atoms. The Labute approximate surface area is 834 Å². The summed E-state index contributed by atoms with van der Waals surface area (Å²) >= 11 is 0. The normalized spacial score (nSPS) is 9.34. The summed E-state index contributed by atoms with van der Waals surface area (Å²) in [5, 5.41) is 80.6. The summed E-state index contributed by atoms with van der Waals surface area (Å²) < 4.78 is 99.4. The molecule has 8 aromatic heterocycles. The number of carbonyl (C=O) groups excluding carboxylic acids is 8. The third-order valence-corrected chi connectivity index (χ3v) is 16.1. The van der Waals surface area contributed by atoms with Crippen LogP contribution < -0.4 is 63.8 Å². The van der Waals surface area contributed by atoms with Crippen molar-refractivity contribution >= 4 is 71.5 Å². The second-order valence-electron chi connectivity index (χ2n) is 26.1. The van der Waals surface area contributed by atoms with Gasteiger partial charge in [-0.2, -0.15) is 0 Å². The SMILES string of the molecule is Cc1cc(-c2cccnc2)nc(N)n1.Cc1cc(-c2cccnc2)nc(N)n1.Cc1cc(-c2cccnc2)nc(N)n1.Cc1cc(-c2cccnc2)nc(N)n1.O=C([O-])c1ccccc1F.O=C([O-])c1ccccc1F.O=C([O-])c1ccccc1F.O=C([O-])c1ccccc1F.O=C([O-])c1ccccc1F.O=C([O-])c1ccccc1F.O=C([O-])c1ccccc1F.O=C([O-])c1ccccc1F.[Cu+2].[Cu+2].[Cu+2].[Cu+2]. The number of aryl methyl sites for hydroxylation is 4. The summed E-state index contributed by atoms with van der Waals surface area (Å²) in [4.78, 5) is 129. The van der Waals surface area contributed by atoms with Crippen LogP contribution in [0.3, 0.4) is 0 Å². The van der Waals surface area contributed by atoms with Gasteiger partial charge in [-0.15, -0.1) is 0 Å². The Hall–Kier alpha value is -16.8. The van der Waals surface area contributed by atoms with Crippen LogP contribution in [0, 0.1) is 74.2 Å². The molecule has 16 rings (SSSR count). The minimum atomic E-state index is -1.49. The summed E-state index contributed by atoms with van der Waals surface area (Å²) in [5.41, 5.74) is 29.5. The number of benzene rings is 8. The molecule has 0 aliphatic rings. The van der Waals surface area contributed by atoms with Crippen molar-refractivity contribution in [3.8, 4) is 45.0 Å². The van der Waals surface area contributed by atoms with Crippen molar-refractivity contribution in [2.24, 2.45) is 0 Å². The quantitative estimate of drug-likeness (QED) is 0.0692. The van der Waals surface area contributed by atoms with Gasteiger partial charge in [0.25, 0.3) is 0 Å². The summed E-state index contributed by atoms with van der Waals surface area (Å²) in [6.45, 7) is 7.55. The molecule has 8 N–H and O–H groups in total. The van der Waals surface area contributed by atoms with Gasteiger partial charge in [-0.1, -0.05) is 146 Å². The Bertz CT molecular complexity index is 5600. The average Bonchev–Trinajstić information content (AvgIpc) is 0.853. The van der Waals surface area contributed by atoms with Gasteiger partial charge in [0.05, 0.1) is 70.5 Å². The number of hydrogen-bond donors (Lipinski definition) is 4. The summed E-state index contributed by atoms with van der Waals surface area (Å²) in [6, 6.07) is 63.5. The van der Waals surface area contributed by atoms with Gasteiger partial charge in [0.1, 0.15) is 46.5 Å². The first-order valence-electron chi connectivity index (χ1n) is 38.5. The molecule has 8 aromatic carbocycles. The first kappa shape index (κ1) is 121. The molecule has 732 valence electrons. The molecule has 0 saturated heterocycles. The predicted octanol–water partition coefficient (Wildman–Crippen LogP) is 7.22. The maximum Gasteiger partial charge on any atom is 2.00 e. The van der Waals surface area contributed by atoms with Crippen molar-refractivity contribution in [1.29, 1.82) is 0 Å². The minimum absolute atomic E-state index is 0. The zero-order valence-electron chi connectivity index (χ0n) is 72.5. The Morgan fingerprint density at radius 1 is 0.207 bits per heavy atom. The van der Waals surface area contributed by atoms with E-state index in [9.17, 15) is 114 Å². The molecular formula is C96H72Cu4F8N16O16. The summed E-state index contributed by atoms with van der Waals surface area (Å²) in [5.74, 6) is -16.8. The van der Waals surface area contributed by atoms with E-state index in [1.54, 1.807) is 49.6 Å². The first-order valence-corrected chi connectivity index (χ1v) is 38.5. The van der Waals surface area contributed by atoms with E-state index in [1.165, 1.54) is 97.1 Å². The molecule has 0 saturated carbocycles. The number of carboxylic acids is 8. The van der Waals surface area contributed by atoms with E-state index < -0.39 is 139 Å². The van der Waals surface area contributed by atoms with E-state index in [1.807, 2.05) is 100 Å². The predicted molar refractivity (Wildman–Crippen MR) is 463 cm³/mol. The van der Waals surface area contributed by atoms with Gasteiger partial charge in [-0.25, -0.2) is 75.0 Å². The number of anilines is 4. The van der Waals surface area contributed by atoms with Crippen molar-refractivity contribution in [2.45, 2.75) is 27.7 Å². The number of nitrogens with zero attached hydrogens (tertiary/aromatic N) is 12. The van der Waals surface area contributed by atoms with Crippen LogP contribution in [0.2, 0.25) is 0 Å². The molecule has 0 aliphatic heterocycles. The van der Waals surface area contributed by atoms with Gasteiger partial charge in [-0.05, 0) is 149 Å². The molecule has 44 heteroatoms. The monoisotopic (exact) mass is 2110 g/mol. The first-order chi connectivity index (χ1) is 64.7. The molecule has 16 aromatic rings. The van der Waals surface area contributed by atoms with Crippen LogP contribution in [-0.2, 0) is 68.3 Å². The topological polar surface area (TPSA) is 580 Å². The number of aromatic nitrogens is 12. The van der Waals surface area contributed by atoms with E-state index in [0.717, 1.165) is 165 Å². The molecule has 4 radical (unpaired) electrons. The number of hydrogen-bond acceptors (Lipinski definition) is 32. The van der Waals surface area contributed by atoms with Crippen LogP contribution in [0.25, 0.3) is 45.0 Å². The fraction of sp³-hybridized carbons (Fsp3) is 0.0417. The fourth-order valence-electron chi connectivity index (χ4n) is 10.0. The Morgan fingerprint density at radius 2 is 0.336 bits per heavy atom. The van der Waals surface area contributed by atoms with Crippen molar-refractivity contribution in [1.82, 2.24) is 59.8 Å². The molecule has 0 bridgehead atoms. The minimum Gasteiger partial charge on any atom is -0.545 e. The third kappa shape index (κ3) is 44.1. The van der Waals surface area contributed by atoms with E-state index in [-0.39, 0.29) is 68.3 Å². The molecule has 0 unspecified atom stereocenters. The van der Waals surface area contributed by atoms with Crippen molar-refractivity contribution < 1.29 is 183 Å². The molecule has 0 amide bonds. The standard InChI is InChI=1S/4C10H10N4.8C7H5FO2.4Cu/c4*1-7-5-9(14-10(11)13-7)8-3-2-4-12-6-8;8*8-6-4-2-1-3-5(6)7(9)10;;;;/h4*2-6H,1H3,(H2,11,13,14);8*1-4H,(H,9,10);;;;/q;;;;;;;;;;;;4*+2/p-8. The molecule has 0 atom stereocenters. The maximum atomic E-state index is 12.4. The smallest absolute Gasteiger partial charge is 0.545 e. The number of pyridine rings is 4. The zero-order valence-corrected chi connectivity index (χ0v) is 76.2. The van der Waals surface area contributed by atoms with Crippen molar-refractivity contribution in [3.05, 3.63) is 430 Å². The third-order valence-electron chi connectivity index (χ3n) is 16.1. The average molecular weight is 2110 g/mol. The molecule has 32 nitrogen and oxygen atoms in total. The number of rotatable bonds is 12. The maximum absolute atomic E-state index is 12.4. The molecule has 0 spiro atoms. The number of nitrogens with two attached hydrogens (primary N) is 4. The summed E-state index contributed by atoms with van der Waals surface area (Å²) in [7, 11) is 0. The second-order valence-corrected chi connectivity index (χ2v) is 26.1. The van der Waals surface area contributed by atoms with Gasteiger partial charge in [0, 0.05) is 139 Å². The largest absolute Gasteiger partial charge is 2.00 e. The molecule has 0 aliphatic carbocycles. The van der Waals surface area contributed by atoms with E-state index in [2.05, 4.69) is 59.8 Å². The van der Waals surface area contributed by atoms with Crippen LogP contribution in [0.15, 0.2) is 316 Å². The van der Waals surface area contributed by atoms with Crippen LogP contribution in [0.4, 0.5) is 58.9 Å². The number of carboxylic acid groups (broad SMARTS) is 8. The van der Waals surface area contributed by atoms with Gasteiger partial charge < -0.3 is 102 Å². The van der Waals surface area contributed by atoms with Crippen LogP contribution in [0.5, 0.6) is 0 Å². The number of carbonyl (C=O) groups is 8. The molecule has 8 heterocycles. The van der Waals surface area contributed by atoms with Crippen LogP contribution in [0.1, 0.15) is 106 Å². The van der Waals surface area contributed by atoms with Crippen molar-refractivity contribution in [3.63, 3.8) is 0 Å². The molecule has 0 fully saturated rings. The summed E-state index contributed by atoms with van der Waals surface area (Å²) in [6.07, 6.45) is 13.9. The Kier molecular flexibility index (Phi) is 55.5. The number of nitrogen functional groups attached to an aromatic ring is 4. The van der Waals surface area contributed by atoms with Gasteiger partial charge in [0.2, 0.25) is 23.8 Å².